The number of hydrogen-bond donors (Lipinski definition) is 0. The largest absolute Gasteiger partial charge is 0.339 e. The molecule has 0 bridgehead atoms. The highest BCUT2D eigenvalue weighted by atomic mass is 32.2. The van der Waals surface area contributed by atoms with Gasteiger partial charge in [0.15, 0.2) is 9.84 Å². The molecule has 0 aliphatic carbocycles. The Morgan fingerprint density at radius 3 is 2.41 bits per heavy atom. The fourth-order valence-electron chi connectivity index (χ4n) is 3.28. The van der Waals surface area contributed by atoms with Gasteiger partial charge in [-0.15, -0.1) is 0 Å². The van der Waals surface area contributed by atoms with Gasteiger partial charge in [0.05, 0.1) is 21.9 Å². The zero-order valence-corrected chi connectivity index (χ0v) is 15.8. The molecule has 1 amide bonds. The van der Waals surface area contributed by atoms with Gasteiger partial charge in [-0.1, -0.05) is 0 Å². The van der Waals surface area contributed by atoms with Gasteiger partial charge in [-0.3, -0.25) is 4.79 Å². The van der Waals surface area contributed by atoms with Gasteiger partial charge in [-0.25, -0.2) is 12.8 Å². The Balaban J connectivity index is 1.46. The van der Waals surface area contributed by atoms with Crippen LogP contribution in [0.25, 0.3) is 11.0 Å². The van der Waals surface area contributed by atoms with Crippen LogP contribution in [-0.2, 0) is 9.84 Å². The average Bonchev–Trinajstić information content (AvgIpc) is 3.15. The number of nitrogens with zero attached hydrogens (tertiary/aromatic N) is 3. The minimum Gasteiger partial charge on any atom is -0.339 e. The third kappa shape index (κ3) is 3.44. The number of hydrogen-bond acceptors (Lipinski definition) is 6. The summed E-state index contributed by atoms with van der Waals surface area (Å²) in [5.74, 6) is -0.607. The molecule has 2 aromatic carbocycles. The van der Waals surface area contributed by atoms with Crippen LogP contribution in [0.4, 0.5) is 4.39 Å². The summed E-state index contributed by atoms with van der Waals surface area (Å²) < 4.78 is 46.8. The van der Waals surface area contributed by atoms with Crippen LogP contribution < -0.4 is 0 Å². The smallest absolute Gasteiger partial charge is 0.253 e. The summed E-state index contributed by atoms with van der Waals surface area (Å²) in [6.07, 6.45) is 0.706. The van der Waals surface area contributed by atoms with Crippen LogP contribution in [-0.4, -0.2) is 46.3 Å². The second-order valence-corrected chi connectivity index (χ2v) is 9.21. The highest BCUT2D eigenvalue weighted by Crippen LogP contribution is 2.26. The first-order valence-corrected chi connectivity index (χ1v) is 10.7. The number of aromatic nitrogens is 2. The maximum absolute atomic E-state index is 13.0. The molecule has 3 aromatic rings. The molecule has 1 aliphatic heterocycles. The standard InChI is InChI=1S/C18H16FN3O3S2/c19-13-2-4-14(5-3-13)27(24,25)15-7-9-22(10-8-15)18(23)12-1-6-16-17(11-12)21-26-20-16/h1-6,11,15H,7-10H2. The van der Waals surface area contributed by atoms with Gasteiger partial charge in [0, 0.05) is 18.7 Å². The lowest BCUT2D eigenvalue weighted by Gasteiger charge is -2.31. The lowest BCUT2D eigenvalue weighted by Crippen LogP contribution is -2.42. The molecule has 0 unspecified atom stereocenters. The number of likely N-dealkylation sites (tertiary alicyclic amines) is 1. The van der Waals surface area contributed by atoms with Gasteiger partial charge < -0.3 is 4.90 Å². The molecular weight excluding hydrogens is 389 g/mol. The van der Waals surface area contributed by atoms with E-state index in [2.05, 4.69) is 8.75 Å². The number of rotatable bonds is 3. The summed E-state index contributed by atoms with van der Waals surface area (Å²) in [4.78, 5) is 14.5. The van der Waals surface area contributed by atoms with E-state index >= 15 is 0 Å². The summed E-state index contributed by atoms with van der Waals surface area (Å²) in [6.45, 7) is 0.717. The molecule has 0 radical (unpaired) electrons. The third-order valence-electron chi connectivity index (χ3n) is 4.81. The molecule has 1 saturated heterocycles. The number of carbonyl (C=O) groups excluding carboxylic acids is 1. The Bertz CT molecular complexity index is 1090. The molecule has 6 nitrogen and oxygen atoms in total. The lowest BCUT2D eigenvalue weighted by atomic mass is 10.1. The van der Waals surface area contributed by atoms with Gasteiger partial charge >= 0.3 is 0 Å². The summed E-state index contributed by atoms with van der Waals surface area (Å²) in [6, 6.07) is 10.1. The zero-order chi connectivity index (χ0) is 19.0. The molecule has 0 spiro atoms. The lowest BCUT2D eigenvalue weighted by molar-refractivity contribution is 0.0726. The number of halogens is 1. The van der Waals surface area contributed by atoms with E-state index in [0.717, 1.165) is 29.4 Å². The van der Waals surface area contributed by atoms with Crippen molar-refractivity contribution in [1.82, 2.24) is 13.6 Å². The van der Waals surface area contributed by atoms with E-state index in [1.807, 2.05) is 0 Å². The number of benzene rings is 2. The van der Waals surface area contributed by atoms with Crippen LogP contribution in [0.3, 0.4) is 0 Å². The zero-order valence-electron chi connectivity index (χ0n) is 14.2. The molecular formula is C18H16FN3O3S2. The van der Waals surface area contributed by atoms with Crippen LogP contribution in [0.5, 0.6) is 0 Å². The fourth-order valence-corrected chi connectivity index (χ4v) is 5.53. The molecule has 27 heavy (non-hydrogen) atoms. The SMILES string of the molecule is O=C(c1ccc2nsnc2c1)N1CCC(S(=O)(=O)c2ccc(F)cc2)CC1. The number of sulfone groups is 1. The number of piperidine rings is 1. The van der Waals surface area contributed by atoms with E-state index in [1.54, 1.807) is 23.1 Å². The van der Waals surface area contributed by atoms with Crippen molar-refractivity contribution in [3.05, 3.63) is 53.8 Å². The predicted octanol–water partition coefficient (Wildman–Crippen LogP) is 2.91. The molecule has 0 saturated carbocycles. The summed E-state index contributed by atoms with van der Waals surface area (Å²) >= 11 is 1.10. The van der Waals surface area contributed by atoms with Crippen molar-refractivity contribution in [3.8, 4) is 0 Å². The second-order valence-electron chi connectivity index (χ2n) is 6.46. The average molecular weight is 405 g/mol. The van der Waals surface area contributed by atoms with Crippen molar-refractivity contribution in [3.63, 3.8) is 0 Å². The van der Waals surface area contributed by atoms with Crippen LogP contribution in [0.1, 0.15) is 23.2 Å². The Morgan fingerprint density at radius 1 is 1.04 bits per heavy atom. The Morgan fingerprint density at radius 2 is 1.70 bits per heavy atom. The van der Waals surface area contributed by atoms with E-state index in [1.165, 1.54) is 12.1 Å². The topological polar surface area (TPSA) is 80.2 Å². The molecule has 0 N–H and O–H groups in total. The first kappa shape index (κ1) is 18.0. The van der Waals surface area contributed by atoms with Crippen molar-refractivity contribution >= 4 is 38.5 Å². The Kier molecular flexibility index (Phi) is 4.65. The highest BCUT2D eigenvalue weighted by molar-refractivity contribution is 7.92. The quantitative estimate of drug-likeness (QED) is 0.626. The first-order valence-electron chi connectivity index (χ1n) is 8.46. The monoisotopic (exact) mass is 405 g/mol. The van der Waals surface area contributed by atoms with Crippen LogP contribution in [0.15, 0.2) is 47.4 Å². The van der Waals surface area contributed by atoms with Gasteiger partial charge in [0.1, 0.15) is 16.9 Å². The van der Waals surface area contributed by atoms with Crippen LogP contribution in [0.2, 0.25) is 0 Å². The Labute approximate surface area is 159 Å². The molecule has 0 atom stereocenters. The molecule has 140 valence electrons. The van der Waals surface area contributed by atoms with Crippen molar-refractivity contribution in [1.29, 1.82) is 0 Å². The van der Waals surface area contributed by atoms with Crippen molar-refractivity contribution in [2.45, 2.75) is 23.0 Å². The van der Waals surface area contributed by atoms with E-state index in [0.29, 0.717) is 37.0 Å². The molecule has 9 heteroatoms. The molecule has 1 fully saturated rings. The number of carbonyl (C=O) groups is 1. The number of amides is 1. The summed E-state index contributed by atoms with van der Waals surface area (Å²) in [5, 5.41) is -0.572. The fraction of sp³-hybridized carbons (Fsp3) is 0.278. The summed E-state index contributed by atoms with van der Waals surface area (Å²) in [5.41, 5.74) is 1.95. The maximum Gasteiger partial charge on any atom is 0.253 e. The van der Waals surface area contributed by atoms with Gasteiger partial charge in [0.2, 0.25) is 0 Å². The van der Waals surface area contributed by atoms with Crippen LogP contribution >= 0.6 is 11.7 Å². The highest BCUT2D eigenvalue weighted by Gasteiger charge is 2.33. The molecule has 4 rings (SSSR count). The third-order valence-corrected chi connectivity index (χ3v) is 7.65. The van der Waals surface area contributed by atoms with E-state index < -0.39 is 20.9 Å². The predicted molar refractivity (Wildman–Crippen MR) is 99.9 cm³/mol. The molecule has 1 aliphatic rings. The molecule has 2 heterocycles. The Hall–Kier alpha value is -2.39. The van der Waals surface area contributed by atoms with Gasteiger partial charge in [-0.05, 0) is 55.3 Å². The number of fused-ring (bicyclic) bond motifs is 1. The van der Waals surface area contributed by atoms with Crippen molar-refractivity contribution in [2.75, 3.05) is 13.1 Å². The van der Waals surface area contributed by atoms with Gasteiger partial charge in [-0.2, -0.15) is 8.75 Å². The van der Waals surface area contributed by atoms with Crippen LogP contribution in [0, 0.1) is 5.82 Å². The first-order chi connectivity index (χ1) is 12.9. The van der Waals surface area contributed by atoms with E-state index in [-0.39, 0.29) is 10.8 Å². The summed E-state index contributed by atoms with van der Waals surface area (Å²) in [7, 11) is -3.54. The normalized spacial score (nSPS) is 16.0. The molecule has 1 aromatic heterocycles. The van der Waals surface area contributed by atoms with Gasteiger partial charge in [0.25, 0.3) is 5.91 Å². The minimum atomic E-state index is -3.54. The minimum absolute atomic E-state index is 0.121. The van der Waals surface area contributed by atoms with E-state index in [9.17, 15) is 17.6 Å². The van der Waals surface area contributed by atoms with Crippen molar-refractivity contribution < 1.29 is 17.6 Å². The van der Waals surface area contributed by atoms with E-state index in [4.69, 9.17) is 0 Å². The second kappa shape index (κ2) is 6.97. The maximum atomic E-state index is 13.0. The van der Waals surface area contributed by atoms with Crippen molar-refractivity contribution in [2.24, 2.45) is 0 Å².